The fourth-order valence-corrected chi connectivity index (χ4v) is 5.61. The molecular weight excluding hydrogens is 431 g/mol. The summed E-state index contributed by atoms with van der Waals surface area (Å²) in [6.07, 6.45) is -0.907. The largest absolute Gasteiger partial charge is 0.445 e. The Morgan fingerprint density at radius 2 is 1.88 bits per heavy atom. The molecule has 0 radical (unpaired) electrons. The summed E-state index contributed by atoms with van der Waals surface area (Å²) in [5.74, 6) is 0.439. The van der Waals surface area contributed by atoms with Crippen molar-refractivity contribution in [3.8, 4) is 11.1 Å². The van der Waals surface area contributed by atoms with Crippen LogP contribution in [-0.4, -0.2) is 41.7 Å². The van der Waals surface area contributed by atoms with Gasteiger partial charge in [-0.15, -0.1) is 0 Å². The SMILES string of the molecule is CC1(C)Cc2cc(-c3ccnc(C(F)(F)F)c3)ccc2C1NC(=O)O[C@H]1CN2CCC1CC2. The van der Waals surface area contributed by atoms with E-state index in [1.165, 1.54) is 6.20 Å². The number of aromatic nitrogens is 1. The van der Waals surface area contributed by atoms with Crippen molar-refractivity contribution in [1.82, 2.24) is 15.2 Å². The molecule has 0 spiro atoms. The maximum atomic E-state index is 13.1. The van der Waals surface area contributed by atoms with Gasteiger partial charge in [-0.3, -0.25) is 9.88 Å². The van der Waals surface area contributed by atoms with Crippen LogP contribution in [0.5, 0.6) is 0 Å². The van der Waals surface area contributed by atoms with E-state index in [1.807, 2.05) is 18.2 Å². The number of carbonyl (C=O) groups is 1. The minimum Gasteiger partial charge on any atom is -0.445 e. The van der Waals surface area contributed by atoms with Crippen molar-refractivity contribution in [3.63, 3.8) is 0 Å². The average molecular weight is 460 g/mol. The molecule has 3 aliphatic heterocycles. The molecule has 1 aromatic carbocycles. The fourth-order valence-electron chi connectivity index (χ4n) is 5.61. The first-order valence-corrected chi connectivity index (χ1v) is 11.5. The Bertz CT molecular complexity index is 1060. The second-order valence-electron chi connectivity index (χ2n) is 10.2. The summed E-state index contributed by atoms with van der Waals surface area (Å²) in [7, 11) is 0. The van der Waals surface area contributed by atoms with Gasteiger partial charge in [0, 0.05) is 12.7 Å². The van der Waals surface area contributed by atoms with Crippen LogP contribution in [0, 0.1) is 11.3 Å². The average Bonchev–Trinajstić information content (AvgIpc) is 3.02. The summed E-state index contributed by atoms with van der Waals surface area (Å²) in [5.41, 5.74) is 2.03. The number of carbonyl (C=O) groups excluding carboxylic acids is 1. The highest BCUT2D eigenvalue weighted by atomic mass is 19.4. The predicted octanol–water partition coefficient (Wildman–Crippen LogP) is 5.21. The van der Waals surface area contributed by atoms with E-state index in [0.717, 1.165) is 49.7 Å². The number of nitrogens with one attached hydrogen (secondary N) is 1. The minimum atomic E-state index is -4.49. The van der Waals surface area contributed by atoms with Gasteiger partial charge in [0.15, 0.2) is 0 Å². The molecule has 1 aliphatic carbocycles. The number of hydrogen-bond acceptors (Lipinski definition) is 4. The minimum absolute atomic E-state index is 0.0617. The van der Waals surface area contributed by atoms with Gasteiger partial charge in [-0.25, -0.2) is 4.79 Å². The van der Waals surface area contributed by atoms with Crippen LogP contribution < -0.4 is 5.32 Å². The molecule has 33 heavy (non-hydrogen) atoms. The molecule has 1 amide bonds. The van der Waals surface area contributed by atoms with Gasteiger partial charge < -0.3 is 10.1 Å². The highest BCUT2D eigenvalue weighted by Gasteiger charge is 2.42. The molecule has 2 aromatic rings. The standard InChI is InChI=1S/C25H28F3N3O2/c1-24(2)13-18-11-16(17-5-8-29-21(12-17)25(26,27)28)3-4-19(18)22(24)30-23(32)33-20-14-31-9-6-15(20)7-10-31/h3-5,8,11-12,15,20,22H,6-7,9-10,13-14H2,1-2H3,(H,30,32)/t20-,22?/m0/s1. The van der Waals surface area contributed by atoms with Gasteiger partial charge in [0.05, 0.1) is 6.04 Å². The molecule has 2 atom stereocenters. The number of ether oxygens (including phenoxy) is 1. The van der Waals surface area contributed by atoms with Crippen LogP contribution in [0.3, 0.4) is 0 Å². The quantitative estimate of drug-likeness (QED) is 0.685. The van der Waals surface area contributed by atoms with E-state index < -0.39 is 18.0 Å². The molecule has 6 rings (SSSR count). The van der Waals surface area contributed by atoms with E-state index in [-0.39, 0.29) is 17.6 Å². The van der Waals surface area contributed by atoms with Crippen molar-refractivity contribution in [2.75, 3.05) is 19.6 Å². The zero-order valence-electron chi connectivity index (χ0n) is 18.8. The molecule has 4 heterocycles. The van der Waals surface area contributed by atoms with E-state index >= 15 is 0 Å². The van der Waals surface area contributed by atoms with Crippen LogP contribution >= 0.6 is 0 Å². The fraction of sp³-hybridized carbons (Fsp3) is 0.520. The molecule has 2 bridgehead atoms. The molecule has 1 unspecified atom stereocenters. The molecule has 1 aromatic heterocycles. The molecule has 176 valence electrons. The van der Waals surface area contributed by atoms with Crippen LogP contribution in [0.15, 0.2) is 36.5 Å². The van der Waals surface area contributed by atoms with E-state index in [9.17, 15) is 18.0 Å². The Kier molecular flexibility index (Phi) is 5.39. The molecular formula is C25H28F3N3O2. The molecule has 8 heteroatoms. The summed E-state index contributed by atoms with van der Waals surface area (Å²) < 4.78 is 45.1. The lowest BCUT2D eigenvalue weighted by Gasteiger charge is -2.44. The third-order valence-corrected chi connectivity index (χ3v) is 7.38. The van der Waals surface area contributed by atoms with Gasteiger partial charge in [0.1, 0.15) is 11.8 Å². The zero-order chi connectivity index (χ0) is 23.4. The Balaban J connectivity index is 1.34. The van der Waals surface area contributed by atoms with Crippen molar-refractivity contribution in [3.05, 3.63) is 53.3 Å². The lowest BCUT2D eigenvalue weighted by atomic mass is 9.85. The Morgan fingerprint density at radius 1 is 1.15 bits per heavy atom. The summed E-state index contributed by atoms with van der Waals surface area (Å²) in [4.78, 5) is 18.6. The molecule has 0 saturated carbocycles. The summed E-state index contributed by atoms with van der Waals surface area (Å²) >= 11 is 0. The van der Waals surface area contributed by atoms with Crippen molar-refractivity contribution in [1.29, 1.82) is 0 Å². The normalized spacial score (nSPS) is 27.8. The lowest BCUT2D eigenvalue weighted by Crippen LogP contribution is -2.53. The molecule has 4 aliphatic rings. The summed E-state index contributed by atoms with van der Waals surface area (Å²) in [6.45, 7) is 7.14. The number of benzene rings is 1. The maximum Gasteiger partial charge on any atom is 0.433 e. The number of alkyl halides is 3. The zero-order valence-corrected chi connectivity index (χ0v) is 18.8. The number of amides is 1. The van der Waals surface area contributed by atoms with Crippen LogP contribution in [0.2, 0.25) is 0 Å². The Morgan fingerprint density at radius 3 is 2.55 bits per heavy atom. The highest BCUT2D eigenvalue weighted by molar-refractivity contribution is 5.70. The summed E-state index contributed by atoms with van der Waals surface area (Å²) in [6, 6.07) is 8.07. The second kappa shape index (κ2) is 8.01. The number of nitrogens with zero attached hydrogens (tertiary/aromatic N) is 2. The highest BCUT2D eigenvalue weighted by Crippen LogP contribution is 2.46. The number of hydrogen-bond donors (Lipinski definition) is 1. The van der Waals surface area contributed by atoms with E-state index in [4.69, 9.17) is 4.74 Å². The number of pyridine rings is 1. The van der Waals surface area contributed by atoms with Crippen molar-refractivity contribution in [2.45, 2.75) is 51.4 Å². The van der Waals surface area contributed by atoms with Crippen LogP contribution in [-0.2, 0) is 17.3 Å². The third kappa shape index (κ3) is 4.33. The number of fused-ring (bicyclic) bond motifs is 4. The lowest BCUT2D eigenvalue weighted by molar-refractivity contribution is -0.141. The van der Waals surface area contributed by atoms with Crippen LogP contribution in [0.4, 0.5) is 18.0 Å². The first kappa shape index (κ1) is 22.2. The van der Waals surface area contributed by atoms with Crippen molar-refractivity contribution >= 4 is 6.09 Å². The van der Waals surface area contributed by atoms with Gasteiger partial charge in [-0.2, -0.15) is 13.2 Å². The first-order valence-electron chi connectivity index (χ1n) is 11.5. The molecule has 3 fully saturated rings. The number of halogens is 3. The second-order valence-corrected chi connectivity index (χ2v) is 10.2. The molecule has 3 saturated heterocycles. The number of rotatable bonds is 3. The number of alkyl carbamates (subject to hydrolysis) is 1. The van der Waals surface area contributed by atoms with Gasteiger partial charge in [0.25, 0.3) is 0 Å². The van der Waals surface area contributed by atoms with Gasteiger partial charge in [0.2, 0.25) is 0 Å². The van der Waals surface area contributed by atoms with Crippen molar-refractivity contribution < 1.29 is 22.7 Å². The van der Waals surface area contributed by atoms with Crippen LogP contribution in [0.1, 0.15) is 49.6 Å². The van der Waals surface area contributed by atoms with E-state index in [0.29, 0.717) is 23.5 Å². The Labute approximate surface area is 191 Å². The van der Waals surface area contributed by atoms with E-state index in [1.54, 1.807) is 6.07 Å². The molecule has 5 nitrogen and oxygen atoms in total. The predicted molar refractivity (Wildman–Crippen MR) is 117 cm³/mol. The first-order chi connectivity index (χ1) is 15.6. The van der Waals surface area contributed by atoms with E-state index in [2.05, 4.69) is 29.0 Å². The monoisotopic (exact) mass is 459 g/mol. The van der Waals surface area contributed by atoms with Gasteiger partial charge >= 0.3 is 12.3 Å². The van der Waals surface area contributed by atoms with Gasteiger partial charge in [-0.05, 0) is 78.1 Å². The smallest absolute Gasteiger partial charge is 0.433 e. The molecule has 1 N–H and O–H groups in total. The number of piperidine rings is 3. The Hall–Kier alpha value is -2.61. The van der Waals surface area contributed by atoms with Crippen molar-refractivity contribution in [2.24, 2.45) is 11.3 Å². The topological polar surface area (TPSA) is 54.5 Å². The van der Waals surface area contributed by atoms with Gasteiger partial charge in [-0.1, -0.05) is 32.0 Å². The third-order valence-electron chi connectivity index (χ3n) is 7.38. The maximum absolute atomic E-state index is 13.1. The summed E-state index contributed by atoms with van der Waals surface area (Å²) in [5, 5.41) is 3.08. The van der Waals surface area contributed by atoms with Crippen LogP contribution in [0.25, 0.3) is 11.1 Å².